The molecule has 0 fully saturated rings. The second-order valence-electron chi connectivity index (χ2n) is 7.37. The minimum atomic E-state index is -0.628. The zero-order valence-corrected chi connectivity index (χ0v) is 16.5. The van der Waals surface area contributed by atoms with Gasteiger partial charge in [-0.2, -0.15) is 0 Å². The zero-order chi connectivity index (χ0) is 19.9. The Bertz CT molecular complexity index is 632. The van der Waals surface area contributed by atoms with Crippen molar-refractivity contribution in [3.8, 4) is 0 Å². The number of anilines is 1. The van der Waals surface area contributed by atoms with Crippen LogP contribution in [0.15, 0.2) is 24.3 Å². The zero-order valence-electron chi connectivity index (χ0n) is 16.5. The highest BCUT2D eigenvalue weighted by atomic mass is 16.5. The van der Waals surface area contributed by atoms with Crippen LogP contribution in [-0.2, 0) is 14.3 Å². The van der Waals surface area contributed by atoms with Crippen LogP contribution in [0.3, 0.4) is 0 Å². The van der Waals surface area contributed by atoms with Gasteiger partial charge < -0.3 is 15.4 Å². The lowest BCUT2D eigenvalue weighted by molar-refractivity contribution is -0.132. The van der Waals surface area contributed by atoms with E-state index in [0.29, 0.717) is 17.9 Å². The Kier molecular flexibility index (Phi) is 7.80. The van der Waals surface area contributed by atoms with Crippen LogP contribution in [0.2, 0.25) is 0 Å². The van der Waals surface area contributed by atoms with Crippen molar-refractivity contribution in [2.45, 2.75) is 54.0 Å². The minimum Gasteiger partial charge on any atom is -0.462 e. The SMILES string of the molecule is CCOC(=O)c1ccc(NC(=O)[C@@H](NC(=O)C(C)(C)C)C(C)CC)cc1. The maximum atomic E-state index is 12.7. The summed E-state index contributed by atoms with van der Waals surface area (Å²) in [6.45, 7) is 11.4. The van der Waals surface area contributed by atoms with Crippen molar-refractivity contribution in [3.05, 3.63) is 29.8 Å². The first-order chi connectivity index (χ1) is 12.1. The summed E-state index contributed by atoms with van der Waals surface area (Å²) in [6, 6.07) is 5.85. The van der Waals surface area contributed by atoms with Crippen LogP contribution < -0.4 is 10.6 Å². The number of carbonyl (C=O) groups excluding carboxylic acids is 3. The first kappa shape index (κ1) is 21.7. The van der Waals surface area contributed by atoms with Gasteiger partial charge in [0, 0.05) is 11.1 Å². The van der Waals surface area contributed by atoms with Crippen molar-refractivity contribution in [3.63, 3.8) is 0 Å². The summed E-state index contributed by atoms with van der Waals surface area (Å²) in [7, 11) is 0. The molecule has 0 aliphatic heterocycles. The van der Waals surface area contributed by atoms with Crippen LogP contribution in [0.5, 0.6) is 0 Å². The van der Waals surface area contributed by atoms with Crippen molar-refractivity contribution in [2.24, 2.45) is 11.3 Å². The number of amides is 2. The molecule has 1 rings (SSSR count). The number of carbonyl (C=O) groups is 3. The van der Waals surface area contributed by atoms with E-state index in [0.717, 1.165) is 6.42 Å². The molecule has 0 aliphatic rings. The van der Waals surface area contributed by atoms with Crippen molar-refractivity contribution in [1.82, 2.24) is 5.32 Å². The minimum absolute atomic E-state index is 0.0138. The van der Waals surface area contributed by atoms with E-state index in [1.807, 2.05) is 34.6 Å². The number of hydrogen-bond donors (Lipinski definition) is 2. The smallest absolute Gasteiger partial charge is 0.338 e. The summed E-state index contributed by atoms with van der Waals surface area (Å²) in [4.78, 5) is 36.6. The molecule has 2 N–H and O–H groups in total. The Hall–Kier alpha value is -2.37. The highest BCUT2D eigenvalue weighted by Gasteiger charge is 2.30. The van der Waals surface area contributed by atoms with Gasteiger partial charge in [-0.25, -0.2) is 4.79 Å². The number of nitrogens with one attached hydrogen (secondary N) is 2. The molecule has 2 amide bonds. The van der Waals surface area contributed by atoms with E-state index in [2.05, 4.69) is 10.6 Å². The molecular weight excluding hydrogens is 332 g/mol. The Morgan fingerprint density at radius 3 is 2.12 bits per heavy atom. The second kappa shape index (κ2) is 9.36. The molecule has 0 saturated heterocycles. The summed E-state index contributed by atoms with van der Waals surface area (Å²) in [6.07, 6.45) is 0.754. The molecular formula is C20H30N2O4. The summed E-state index contributed by atoms with van der Waals surface area (Å²) in [5.41, 5.74) is 0.401. The Morgan fingerprint density at radius 2 is 1.65 bits per heavy atom. The van der Waals surface area contributed by atoms with Crippen LogP contribution in [-0.4, -0.2) is 30.4 Å². The standard InChI is InChI=1S/C20H30N2O4/c1-7-13(3)16(22-19(25)20(4,5)6)17(23)21-15-11-9-14(10-12-15)18(24)26-8-2/h9-13,16H,7-8H2,1-6H3,(H,21,23)(H,22,25)/t13?,16-/m0/s1. The third-order valence-corrected chi connectivity index (χ3v) is 4.13. The summed E-state index contributed by atoms with van der Waals surface area (Å²) < 4.78 is 4.93. The lowest BCUT2D eigenvalue weighted by Gasteiger charge is -2.27. The van der Waals surface area contributed by atoms with Crippen molar-refractivity contribution in [1.29, 1.82) is 0 Å². The van der Waals surface area contributed by atoms with Gasteiger partial charge in [-0.05, 0) is 37.1 Å². The number of rotatable bonds is 7. The first-order valence-electron chi connectivity index (χ1n) is 8.99. The van der Waals surface area contributed by atoms with E-state index in [4.69, 9.17) is 4.74 Å². The number of hydrogen-bond acceptors (Lipinski definition) is 4. The molecule has 6 nitrogen and oxygen atoms in total. The quantitative estimate of drug-likeness (QED) is 0.728. The monoisotopic (exact) mass is 362 g/mol. The lowest BCUT2D eigenvalue weighted by Crippen LogP contribution is -2.50. The maximum absolute atomic E-state index is 12.7. The van der Waals surface area contributed by atoms with Gasteiger partial charge >= 0.3 is 5.97 Å². The molecule has 1 unspecified atom stereocenters. The molecule has 0 aromatic heterocycles. The molecule has 0 aliphatic carbocycles. The molecule has 0 bridgehead atoms. The van der Waals surface area contributed by atoms with Gasteiger partial charge in [0.1, 0.15) is 6.04 Å². The van der Waals surface area contributed by atoms with Gasteiger partial charge in [-0.1, -0.05) is 41.0 Å². The molecule has 0 saturated carbocycles. The summed E-state index contributed by atoms with van der Waals surface area (Å²) >= 11 is 0. The summed E-state index contributed by atoms with van der Waals surface area (Å²) in [5, 5.41) is 5.66. The molecule has 6 heteroatoms. The van der Waals surface area contributed by atoms with E-state index in [1.165, 1.54) is 0 Å². The fourth-order valence-electron chi connectivity index (χ4n) is 2.18. The molecule has 0 spiro atoms. The Morgan fingerprint density at radius 1 is 1.08 bits per heavy atom. The predicted octanol–water partition coefficient (Wildman–Crippen LogP) is 3.38. The van der Waals surface area contributed by atoms with E-state index in [-0.39, 0.29) is 17.7 Å². The van der Waals surface area contributed by atoms with Gasteiger partial charge in [0.05, 0.1) is 12.2 Å². The van der Waals surface area contributed by atoms with E-state index < -0.39 is 17.4 Å². The largest absolute Gasteiger partial charge is 0.462 e. The van der Waals surface area contributed by atoms with Crippen LogP contribution in [0.1, 0.15) is 58.3 Å². The molecule has 144 valence electrons. The van der Waals surface area contributed by atoms with Gasteiger partial charge in [0.15, 0.2) is 0 Å². The van der Waals surface area contributed by atoms with Crippen molar-refractivity contribution >= 4 is 23.5 Å². The molecule has 1 aromatic rings. The third kappa shape index (κ3) is 6.17. The average molecular weight is 362 g/mol. The van der Waals surface area contributed by atoms with Gasteiger partial charge in [-0.15, -0.1) is 0 Å². The van der Waals surface area contributed by atoms with Crippen LogP contribution in [0.4, 0.5) is 5.69 Å². The van der Waals surface area contributed by atoms with Crippen molar-refractivity contribution < 1.29 is 19.1 Å². The van der Waals surface area contributed by atoms with E-state index >= 15 is 0 Å². The fourth-order valence-corrected chi connectivity index (χ4v) is 2.18. The average Bonchev–Trinajstić information content (AvgIpc) is 2.58. The predicted molar refractivity (Wildman–Crippen MR) is 102 cm³/mol. The van der Waals surface area contributed by atoms with Crippen molar-refractivity contribution in [2.75, 3.05) is 11.9 Å². The lowest BCUT2D eigenvalue weighted by atomic mass is 9.92. The number of ether oxygens (including phenoxy) is 1. The normalized spacial score (nSPS) is 13.5. The molecule has 0 heterocycles. The third-order valence-electron chi connectivity index (χ3n) is 4.13. The van der Waals surface area contributed by atoms with E-state index in [9.17, 15) is 14.4 Å². The Labute approximate surface area is 155 Å². The fraction of sp³-hybridized carbons (Fsp3) is 0.550. The Balaban J connectivity index is 2.86. The topological polar surface area (TPSA) is 84.5 Å². The molecule has 2 atom stereocenters. The van der Waals surface area contributed by atoms with Gasteiger partial charge in [0.25, 0.3) is 0 Å². The van der Waals surface area contributed by atoms with Crippen LogP contribution in [0.25, 0.3) is 0 Å². The van der Waals surface area contributed by atoms with E-state index in [1.54, 1.807) is 31.2 Å². The van der Waals surface area contributed by atoms with Gasteiger partial charge in [-0.3, -0.25) is 9.59 Å². The number of esters is 1. The van der Waals surface area contributed by atoms with Gasteiger partial charge in [0.2, 0.25) is 11.8 Å². The maximum Gasteiger partial charge on any atom is 0.338 e. The highest BCUT2D eigenvalue weighted by molar-refractivity contribution is 5.98. The highest BCUT2D eigenvalue weighted by Crippen LogP contribution is 2.17. The van der Waals surface area contributed by atoms with Crippen LogP contribution in [0, 0.1) is 11.3 Å². The second-order valence-corrected chi connectivity index (χ2v) is 7.37. The number of benzene rings is 1. The molecule has 0 radical (unpaired) electrons. The molecule has 1 aromatic carbocycles. The molecule has 26 heavy (non-hydrogen) atoms. The first-order valence-corrected chi connectivity index (χ1v) is 8.99. The van der Waals surface area contributed by atoms with Crippen LogP contribution >= 0.6 is 0 Å². The summed E-state index contributed by atoms with van der Waals surface area (Å²) in [5.74, 6) is -0.864.